The van der Waals surface area contributed by atoms with Crippen molar-refractivity contribution in [2.45, 2.75) is 13.8 Å². The van der Waals surface area contributed by atoms with Gasteiger partial charge in [0.1, 0.15) is 6.34 Å². The van der Waals surface area contributed by atoms with Crippen LogP contribution in [0, 0.1) is 0 Å². The number of nitrogens with zero attached hydrogens (tertiary/aromatic N) is 2. The largest absolute Gasteiger partial charge is 0.242 e. The van der Waals surface area contributed by atoms with Gasteiger partial charge in [-0.25, -0.2) is 9.98 Å². The Morgan fingerprint density at radius 1 is 0.955 bits per heavy atom. The van der Waals surface area contributed by atoms with Crippen molar-refractivity contribution in [2.24, 2.45) is 9.98 Å². The normalized spacial score (nSPS) is 13.3. The van der Waals surface area contributed by atoms with E-state index in [0.717, 1.165) is 22.5 Å². The van der Waals surface area contributed by atoms with E-state index in [0.29, 0.717) is 0 Å². The molecule has 0 spiro atoms. The standard InChI is InChI=1S/C20H20N2/c1-5-15(3)20(22-14-21-16(4)6-2)19-12-11-17-9-7-8-10-18(17)13-19/h5-14H,1-2H2,3-4H3/b20-15+,21-16?,22-14?. The van der Waals surface area contributed by atoms with Crippen molar-refractivity contribution >= 4 is 28.5 Å². The molecule has 2 aromatic rings. The highest BCUT2D eigenvalue weighted by Gasteiger charge is 2.04. The molecule has 0 atom stereocenters. The first-order valence-electron chi connectivity index (χ1n) is 7.17. The number of fused-ring (bicyclic) bond motifs is 1. The first kappa shape index (κ1) is 15.6. The van der Waals surface area contributed by atoms with Gasteiger partial charge in [0.05, 0.1) is 5.70 Å². The molecule has 0 amide bonds. The van der Waals surface area contributed by atoms with E-state index >= 15 is 0 Å². The van der Waals surface area contributed by atoms with Crippen molar-refractivity contribution in [3.63, 3.8) is 0 Å². The quantitative estimate of drug-likeness (QED) is 0.398. The van der Waals surface area contributed by atoms with Crippen molar-refractivity contribution in [3.05, 3.63) is 78.9 Å². The molecule has 0 bridgehead atoms. The SMILES string of the molecule is C=CC(C)=NC=N/C(=C(\C)C=C)c1ccc2ccccc2c1. The Balaban J connectivity index is 2.49. The fraction of sp³-hybridized carbons (Fsp3) is 0.100. The van der Waals surface area contributed by atoms with Crippen LogP contribution in [0.1, 0.15) is 19.4 Å². The molecule has 110 valence electrons. The van der Waals surface area contributed by atoms with Gasteiger partial charge in [-0.05, 0) is 42.3 Å². The van der Waals surface area contributed by atoms with Crippen LogP contribution in [-0.4, -0.2) is 12.1 Å². The van der Waals surface area contributed by atoms with E-state index in [4.69, 9.17) is 0 Å². The maximum absolute atomic E-state index is 4.51. The maximum atomic E-state index is 4.51. The molecule has 22 heavy (non-hydrogen) atoms. The summed E-state index contributed by atoms with van der Waals surface area (Å²) in [5.74, 6) is 0. The van der Waals surface area contributed by atoms with Gasteiger partial charge >= 0.3 is 0 Å². The van der Waals surface area contributed by atoms with Gasteiger partial charge in [0, 0.05) is 11.3 Å². The fourth-order valence-corrected chi connectivity index (χ4v) is 2.07. The summed E-state index contributed by atoms with van der Waals surface area (Å²) in [6, 6.07) is 14.6. The summed E-state index contributed by atoms with van der Waals surface area (Å²) in [5.41, 5.74) is 3.77. The molecule has 0 fully saturated rings. The lowest BCUT2D eigenvalue weighted by Crippen LogP contribution is -1.88. The van der Waals surface area contributed by atoms with Crippen LogP contribution < -0.4 is 0 Å². The summed E-state index contributed by atoms with van der Waals surface area (Å²) in [5, 5.41) is 2.40. The second-order valence-electron chi connectivity index (χ2n) is 5.02. The second-order valence-corrected chi connectivity index (χ2v) is 5.02. The lowest BCUT2D eigenvalue weighted by atomic mass is 10.0. The molecule has 0 aliphatic heterocycles. The smallest absolute Gasteiger partial charge is 0.116 e. The number of hydrogen-bond donors (Lipinski definition) is 0. The molecule has 0 aliphatic rings. The predicted molar refractivity (Wildman–Crippen MR) is 98.5 cm³/mol. The lowest BCUT2D eigenvalue weighted by molar-refractivity contribution is 1.42. The highest BCUT2D eigenvalue weighted by molar-refractivity contribution is 5.97. The molecule has 0 saturated carbocycles. The molecule has 0 aliphatic carbocycles. The summed E-state index contributed by atoms with van der Waals surface area (Å²) < 4.78 is 0. The molecular weight excluding hydrogens is 268 g/mol. The van der Waals surface area contributed by atoms with Crippen LogP contribution in [0.5, 0.6) is 0 Å². The third-order valence-corrected chi connectivity index (χ3v) is 3.45. The van der Waals surface area contributed by atoms with Crippen LogP contribution in [0.25, 0.3) is 16.5 Å². The van der Waals surface area contributed by atoms with Crippen LogP contribution in [-0.2, 0) is 0 Å². The van der Waals surface area contributed by atoms with E-state index in [1.165, 1.54) is 10.8 Å². The Bertz CT molecular complexity index is 792. The minimum atomic E-state index is 0.831. The van der Waals surface area contributed by atoms with Crippen molar-refractivity contribution < 1.29 is 0 Å². The summed E-state index contributed by atoms with van der Waals surface area (Å²) in [6.07, 6.45) is 5.08. The van der Waals surface area contributed by atoms with E-state index < -0.39 is 0 Å². The molecule has 0 aromatic heterocycles. The van der Waals surface area contributed by atoms with Gasteiger partial charge in [-0.2, -0.15) is 0 Å². The Hall–Kier alpha value is -2.74. The molecular formula is C20H20N2. The Labute approximate surface area is 131 Å². The Morgan fingerprint density at radius 3 is 2.36 bits per heavy atom. The van der Waals surface area contributed by atoms with E-state index in [9.17, 15) is 0 Å². The zero-order valence-electron chi connectivity index (χ0n) is 13.1. The molecule has 0 heterocycles. The molecule has 2 rings (SSSR count). The first-order chi connectivity index (χ1) is 10.7. The van der Waals surface area contributed by atoms with Gasteiger partial charge in [-0.1, -0.05) is 55.6 Å². The van der Waals surface area contributed by atoms with Crippen LogP contribution >= 0.6 is 0 Å². The van der Waals surface area contributed by atoms with Gasteiger partial charge in [0.15, 0.2) is 0 Å². The molecule has 0 radical (unpaired) electrons. The number of rotatable bonds is 5. The molecule has 0 unspecified atom stereocenters. The van der Waals surface area contributed by atoms with E-state index in [1.54, 1.807) is 12.4 Å². The number of benzene rings is 2. The zero-order valence-corrected chi connectivity index (χ0v) is 13.1. The minimum absolute atomic E-state index is 0.831. The van der Waals surface area contributed by atoms with Gasteiger partial charge in [0.25, 0.3) is 0 Å². The van der Waals surface area contributed by atoms with Crippen molar-refractivity contribution in [1.82, 2.24) is 0 Å². The average molecular weight is 288 g/mol. The Morgan fingerprint density at radius 2 is 1.68 bits per heavy atom. The highest BCUT2D eigenvalue weighted by Crippen LogP contribution is 2.24. The van der Waals surface area contributed by atoms with Gasteiger partial charge in [-0.15, -0.1) is 0 Å². The Kier molecular flexibility index (Phi) is 5.21. The van der Waals surface area contributed by atoms with Gasteiger partial charge in [-0.3, -0.25) is 0 Å². The highest BCUT2D eigenvalue weighted by atomic mass is 14.9. The zero-order chi connectivity index (χ0) is 15.9. The second kappa shape index (κ2) is 7.32. The number of allylic oxidation sites excluding steroid dienone is 3. The number of hydrogen-bond acceptors (Lipinski definition) is 1. The van der Waals surface area contributed by atoms with Crippen molar-refractivity contribution in [1.29, 1.82) is 0 Å². The first-order valence-corrected chi connectivity index (χ1v) is 7.17. The molecule has 0 saturated heterocycles. The maximum Gasteiger partial charge on any atom is 0.116 e. The molecule has 2 nitrogen and oxygen atoms in total. The van der Waals surface area contributed by atoms with Crippen LogP contribution in [0.15, 0.2) is 83.3 Å². The topological polar surface area (TPSA) is 24.7 Å². The van der Waals surface area contributed by atoms with E-state index in [1.807, 2.05) is 32.1 Å². The van der Waals surface area contributed by atoms with Gasteiger partial charge < -0.3 is 0 Å². The molecule has 2 heteroatoms. The van der Waals surface area contributed by atoms with E-state index in [-0.39, 0.29) is 0 Å². The third kappa shape index (κ3) is 3.67. The summed E-state index contributed by atoms with van der Waals surface area (Å²) in [4.78, 5) is 8.73. The van der Waals surface area contributed by atoms with Gasteiger partial charge in [0.2, 0.25) is 0 Å². The minimum Gasteiger partial charge on any atom is -0.242 e. The number of aliphatic imine (C=N–C) groups is 2. The fourth-order valence-electron chi connectivity index (χ4n) is 2.07. The van der Waals surface area contributed by atoms with Crippen molar-refractivity contribution in [3.8, 4) is 0 Å². The average Bonchev–Trinajstić information content (AvgIpc) is 2.57. The molecule has 0 N–H and O–H groups in total. The van der Waals surface area contributed by atoms with Crippen molar-refractivity contribution in [2.75, 3.05) is 0 Å². The summed E-state index contributed by atoms with van der Waals surface area (Å²) in [7, 11) is 0. The molecule has 2 aromatic carbocycles. The summed E-state index contributed by atoms with van der Waals surface area (Å²) >= 11 is 0. The lowest BCUT2D eigenvalue weighted by Gasteiger charge is -2.07. The monoisotopic (exact) mass is 288 g/mol. The van der Waals surface area contributed by atoms with E-state index in [2.05, 4.69) is 53.5 Å². The summed E-state index contributed by atoms with van der Waals surface area (Å²) in [6.45, 7) is 11.4. The van der Waals surface area contributed by atoms with Crippen LogP contribution in [0.2, 0.25) is 0 Å². The third-order valence-electron chi connectivity index (χ3n) is 3.45. The van der Waals surface area contributed by atoms with Crippen LogP contribution in [0.3, 0.4) is 0 Å². The predicted octanol–water partition coefficient (Wildman–Crippen LogP) is 5.43. The van der Waals surface area contributed by atoms with Crippen LogP contribution in [0.4, 0.5) is 0 Å².